The molecule has 0 saturated heterocycles. The van der Waals surface area contributed by atoms with Gasteiger partial charge in [-0.05, 0) is 47.5 Å². The van der Waals surface area contributed by atoms with E-state index in [9.17, 15) is 0 Å². The maximum atomic E-state index is 5.97. The molecule has 0 bridgehead atoms. The van der Waals surface area contributed by atoms with Crippen LogP contribution in [0.2, 0.25) is 5.02 Å². The summed E-state index contributed by atoms with van der Waals surface area (Å²) in [4.78, 5) is 0. The molecule has 0 saturated carbocycles. The Morgan fingerprint density at radius 2 is 1.57 bits per heavy atom. The number of ether oxygens (including phenoxy) is 2. The quantitative estimate of drug-likeness (QED) is 0.398. The van der Waals surface area contributed by atoms with Crippen molar-refractivity contribution < 1.29 is 9.47 Å². The molecule has 0 aromatic heterocycles. The summed E-state index contributed by atoms with van der Waals surface area (Å²) >= 11 is 5.93. The van der Waals surface area contributed by atoms with Crippen LogP contribution in [-0.4, -0.2) is 6.61 Å². The van der Waals surface area contributed by atoms with Crippen LogP contribution < -0.4 is 4.74 Å². The van der Waals surface area contributed by atoms with Crippen molar-refractivity contribution in [2.45, 2.75) is 20.5 Å². The molecule has 0 unspecified atom stereocenters. The van der Waals surface area contributed by atoms with Gasteiger partial charge in [-0.15, -0.1) is 0 Å². The first kappa shape index (κ1) is 20.2. The van der Waals surface area contributed by atoms with Crippen molar-refractivity contribution >= 4 is 17.7 Å². The van der Waals surface area contributed by atoms with Gasteiger partial charge in [-0.3, -0.25) is 0 Å². The van der Waals surface area contributed by atoms with Gasteiger partial charge in [0, 0.05) is 10.4 Å². The van der Waals surface area contributed by atoms with Crippen LogP contribution in [0.5, 0.6) is 11.5 Å². The van der Waals surface area contributed by atoms with Gasteiger partial charge in [0.25, 0.3) is 0 Å². The predicted molar refractivity (Wildman–Crippen MR) is 117 cm³/mol. The second-order valence-electron chi connectivity index (χ2n) is 7.43. The zero-order valence-corrected chi connectivity index (χ0v) is 17.0. The van der Waals surface area contributed by atoms with Gasteiger partial charge in [-0.2, -0.15) is 0 Å². The lowest BCUT2D eigenvalue weighted by molar-refractivity contribution is 0.0719. The van der Waals surface area contributed by atoms with Crippen molar-refractivity contribution in [2.75, 3.05) is 6.61 Å². The van der Waals surface area contributed by atoms with Crippen LogP contribution in [0, 0.1) is 5.41 Å². The second-order valence-corrected chi connectivity index (χ2v) is 7.87. The molecule has 28 heavy (non-hydrogen) atoms. The van der Waals surface area contributed by atoms with E-state index in [0.29, 0.717) is 13.2 Å². The summed E-state index contributed by atoms with van der Waals surface area (Å²) in [5.74, 6) is 1.64. The van der Waals surface area contributed by atoms with Crippen LogP contribution in [-0.2, 0) is 11.3 Å². The molecule has 0 aliphatic rings. The van der Waals surface area contributed by atoms with Crippen LogP contribution in [0.25, 0.3) is 6.08 Å². The Morgan fingerprint density at radius 1 is 0.857 bits per heavy atom. The molecule has 0 aliphatic carbocycles. The Bertz CT molecular complexity index is 899. The van der Waals surface area contributed by atoms with Gasteiger partial charge in [-0.25, -0.2) is 0 Å². The van der Waals surface area contributed by atoms with E-state index in [1.54, 1.807) is 0 Å². The van der Waals surface area contributed by atoms with E-state index in [1.807, 2.05) is 72.8 Å². The van der Waals surface area contributed by atoms with E-state index in [2.05, 4.69) is 32.1 Å². The minimum atomic E-state index is -0.0716. The lowest BCUT2D eigenvalue weighted by Gasteiger charge is -2.20. The van der Waals surface area contributed by atoms with Crippen molar-refractivity contribution in [2.24, 2.45) is 5.41 Å². The van der Waals surface area contributed by atoms with Crippen molar-refractivity contribution in [3.8, 4) is 11.5 Å². The van der Waals surface area contributed by atoms with Crippen molar-refractivity contribution in [1.82, 2.24) is 0 Å². The van der Waals surface area contributed by atoms with E-state index in [0.717, 1.165) is 27.6 Å². The SMILES string of the molecule is CC(C)(/C=C/c1ccc(Cl)cc1)COCc1cccc(Oc2ccccc2)c1. The Morgan fingerprint density at radius 3 is 2.32 bits per heavy atom. The zero-order valence-electron chi connectivity index (χ0n) is 16.3. The van der Waals surface area contributed by atoms with Crippen LogP contribution >= 0.6 is 11.6 Å². The van der Waals surface area contributed by atoms with Crippen LogP contribution in [0.4, 0.5) is 0 Å². The molecule has 0 spiro atoms. The lowest BCUT2D eigenvalue weighted by atomic mass is 9.93. The van der Waals surface area contributed by atoms with Gasteiger partial charge in [-0.1, -0.05) is 80.1 Å². The molecule has 3 aromatic carbocycles. The van der Waals surface area contributed by atoms with Crippen LogP contribution in [0.15, 0.2) is 84.9 Å². The highest BCUT2D eigenvalue weighted by Crippen LogP contribution is 2.24. The average molecular weight is 393 g/mol. The fourth-order valence-electron chi connectivity index (χ4n) is 2.70. The summed E-state index contributed by atoms with van der Waals surface area (Å²) in [6, 6.07) is 25.6. The molecule has 0 atom stereocenters. The third kappa shape index (κ3) is 6.56. The molecular formula is C25H25ClO2. The number of hydrogen-bond donors (Lipinski definition) is 0. The Hall–Kier alpha value is -2.55. The molecule has 0 fully saturated rings. The second kappa shape index (κ2) is 9.59. The molecule has 0 aliphatic heterocycles. The summed E-state index contributed by atoms with van der Waals surface area (Å²) in [6.07, 6.45) is 4.28. The Kier molecular flexibility index (Phi) is 6.91. The summed E-state index contributed by atoms with van der Waals surface area (Å²) < 4.78 is 11.9. The molecule has 3 rings (SSSR count). The number of rotatable bonds is 8. The van der Waals surface area contributed by atoms with Crippen molar-refractivity contribution in [3.05, 3.63) is 101 Å². The largest absolute Gasteiger partial charge is 0.457 e. The highest BCUT2D eigenvalue weighted by atomic mass is 35.5. The molecule has 0 radical (unpaired) electrons. The van der Waals surface area contributed by atoms with E-state index in [4.69, 9.17) is 21.1 Å². The van der Waals surface area contributed by atoms with E-state index in [1.165, 1.54) is 0 Å². The standard InChI is InChI=1S/C25H25ClO2/c1-25(2,16-15-20-11-13-22(26)14-12-20)19-27-18-21-7-6-10-24(17-21)28-23-8-4-3-5-9-23/h3-17H,18-19H2,1-2H3/b16-15+. The number of halogens is 1. The van der Waals surface area contributed by atoms with Gasteiger partial charge in [0.1, 0.15) is 11.5 Å². The average Bonchev–Trinajstić information content (AvgIpc) is 2.69. The molecule has 2 nitrogen and oxygen atoms in total. The van der Waals surface area contributed by atoms with E-state index < -0.39 is 0 Å². The van der Waals surface area contributed by atoms with E-state index in [-0.39, 0.29) is 5.41 Å². The van der Waals surface area contributed by atoms with Gasteiger partial charge in [0.05, 0.1) is 13.2 Å². The first-order chi connectivity index (χ1) is 13.5. The monoisotopic (exact) mass is 392 g/mol. The summed E-state index contributed by atoms with van der Waals surface area (Å²) in [5, 5.41) is 0.748. The minimum Gasteiger partial charge on any atom is -0.457 e. The molecule has 144 valence electrons. The Balaban J connectivity index is 1.52. The number of para-hydroxylation sites is 1. The van der Waals surface area contributed by atoms with Crippen molar-refractivity contribution in [1.29, 1.82) is 0 Å². The van der Waals surface area contributed by atoms with Gasteiger partial charge in [0.15, 0.2) is 0 Å². The predicted octanol–water partition coefficient (Wildman–Crippen LogP) is 7.39. The molecule has 0 heterocycles. The summed E-state index contributed by atoms with van der Waals surface area (Å²) in [6.45, 7) is 5.49. The van der Waals surface area contributed by atoms with Crippen LogP contribution in [0.3, 0.4) is 0 Å². The number of hydrogen-bond acceptors (Lipinski definition) is 2. The Labute approximate surface area is 172 Å². The summed E-state index contributed by atoms with van der Waals surface area (Å²) in [7, 11) is 0. The van der Waals surface area contributed by atoms with Gasteiger partial charge >= 0.3 is 0 Å². The normalized spacial score (nSPS) is 11.7. The molecule has 3 heteroatoms. The van der Waals surface area contributed by atoms with Crippen LogP contribution in [0.1, 0.15) is 25.0 Å². The first-order valence-corrected chi connectivity index (χ1v) is 9.72. The smallest absolute Gasteiger partial charge is 0.127 e. The number of benzene rings is 3. The molecule has 0 N–H and O–H groups in total. The maximum Gasteiger partial charge on any atom is 0.127 e. The fraction of sp³-hybridized carbons (Fsp3) is 0.200. The maximum absolute atomic E-state index is 5.97. The first-order valence-electron chi connectivity index (χ1n) is 9.35. The summed E-state index contributed by atoms with van der Waals surface area (Å²) in [5.41, 5.74) is 2.15. The van der Waals surface area contributed by atoms with Gasteiger partial charge in [0.2, 0.25) is 0 Å². The third-order valence-electron chi connectivity index (χ3n) is 4.22. The molecule has 0 amide bonds. The highest BCUT2D eigenvalue weighted by Gasteiger charge is 2.14. The van der Waals surface area contributed by atoms with Gasteiger partial charge < -0.3 is 9.47 Å². The molecular weight excluding hydrogens is 368 g/mol. The third-order valence-corrected chi connectivity index (χ3v) is 4.47. The highest BCUT2D eigenvalue weighted by molar-refractivity contribution is 6.30. The fourth-order valence-corrected chi connectivity index (χ4v) is 2.83. The van der Waals surface area contributed by atoms with Crippen molar-refractivity contribution in [3.63, 3.8) is 0 Å². The van der Waals surface area contributed by atoms with E-state index >= 15 is 0 Å². The lowest BCUT2D eigenvalue weighted by Crippen LogP contribution is -2.16. The topological polar surface area (TPSA) is 18.5 Å². The zero-order chi connectivity index (χ0) is 19.8. The minimum absolute atomic E-state index is 0.0716. The molecule has 3 aromatic rings.